The van der Waals surface area contributed by atoms with Crippen molar-refractivity contribution < 1.29 is 19.4 Å². The van der Waals surface area contributed by atoms with Gasteiger partial charge in [0.15, 0.2) is 0 Å². The van der Waals surface area contributed by atoms with E-state index in [2.05, 4.69) is 0 Å². The van der Waals surface area contributed by atoms with Gasteiger partial charge in [-0.15, -0.1) is 0 Å². The van der Waals surface area contributed by atoms with Crippen molar-refractivity contribution >= 4 is 5.97 Å². The number of nitrogens with two attached hydrogens (primary N) is 1. The maximum atomic E-state index is 11.1. The van der Waals surface area contributed by atoms with Crippen LogP contribution in [0.2, 0.25) is 0 Å². The minimum absolute atomic E-state index is 0.00787. The zero-order valence-corrected chi connectivity index (χ0v) is 9.27. The third kappa shape index (κ3) is 2.25. The topological polar surface area (TPSA) is 81.8 Å². The molecule has 0 amide bonds. The van der Waals surface area contributed by atoms with Crippen LogP contribution in [-0.2, 0) is 4.79 Å². The number of carbonyl (C=O) groups is 1. The molecule has 1 aromatic carbocycles. The standard InChI is InChI=1S/C11H15NO4/c1-15-8-4-3-5-9(16-2)10(8)7(6-12)11(13)14/h3-5,7H,6,12H2,1-2H3,(H,13,14). The molecule has 0 saturated carbocycles. The van der Waals surface area contributed by atoms with E-state index in [0.717, 1.165) is 0 Å². The van der Waals surface area contributed by atoms with Crippen LogP contribution >= 0.6 is 0 Å². The van der Waals surface area contributed by atoms with Gasteiger partial charge in [0.2, 0.25) is 0 Å². The highest BCUT2D eigenvalue weighted by Gasteiger charge is 2.25. The van der Waals surface area contributed by atoms with Crippen molar-refractivity contribution in [3.8, 4) is 11.5 Å². The normalized spacial score (nSPS) is 11.9. The van der Waals surface area contributed by atoms with Crippen molar-refractivity contribution in [3.63, 3.8) is 0 Å². The first-order chi connectivity index (χ1) is 7.65. The van der Waals surface area contributed by atoms with E-state index < -0.39 is 11.9 Å². The van der Waals surface area contributed by atoms with E-state index >= 15 is 0 Å². The monoisotopic (exact) mass is 225 g/mol. The van der Waals surface area contributed by atoms with E-state index in [9.17, 15) is 4.79 Å². The van der Waals surface area contributed by atoms with Gasteiger partial charge < -0.3 is 20.3 Å². The average molecular weight is 225 g/mol. The summed E-state index contributed by atoms with van der Waals surface area (Å²) in [6, 6.07) is 5.10. The van der Waals surface area contributed by atoms with Crippen molar-refractivity contribution in [2.24, 2.45) is 5.73 Å². The van der Waals surface area contributed by atoms with Gasteiger partial charge in [0, 0.05) is 6.54 Å². The molecule has 0 aliphatic rings. The fraction of sp³-hybridized carbons (Fsp3) is 0.364. The van der Waals surface area contributed by atoms with Crippen molar-refractivity contribution in [1.82, 2.24) is 0 Å². The number of aliphatic carboxylic acids is 1. The Balaban J connectivity index is 3.31. The second kappa shape index (κ2) is 5.37. The number of hydrogen-bond acceptors (Lipinski definition) is 4. The van der Waals surface area contributed by atoms with Crippen LogP contribution in [0.4, 0.5) is 0 Å². The summed E-state index contributed by atoms with van der Waals surface area (Å²) in [5.41, 5.74) is 5.94. The average Bonchev–Trinajstić information content (AvgIpc) is 2.29. The molecule has 16 heavy (non-hydrogen) atoms. The summed E-state index contributed by atoms with van der Waals surface area (Å²) in [4.78, 5) is 11.1. The SMILES string of the molecule is COc1cccc(OC)c1C(CN)C(=O)O. The summed E-state index contributed by atoms with van der Waals surface area (Å²) in [6.07, 6.45) is 0. The van der Waals surface area contributed by atoms with Gasteiger partial charge >= 0.3 is 5.97 Å². The number of benzene rings is 1. The maximum absolute atomic E-state index is 11.1. The first-order valence-electron chi connectivity index (χ1n) is 4.79. The molecule has 0 fully saturated rings. The second-order valence-electron chi connectivity index (χ2n) is 3.20. The molecule has 0 bridgehead atoms. The number of ether oxygens (including phenoxy) is 2. The minimum atomic E-state index is -0.995. The van der Waals surface area contributed by atoms with Gasteiger partial charge in [-0.05, 0) is 12.1 Å². The Morgan fingerprint density at radius 2 is 1.88 bits per heavy atom. The van der Waals surface area contributed by atoms with E-state index in [1.54, 1.807) is 18.2 Å². The van der Waals surface area contributed by atoms with Crippen molar-refractivity contribution in [2.75, 3.05) is 20.8 Å². The lowest BCUT2D eigenvalue weighted by molar-refractivity contribution is -0.138. The Morgan fingerprint density at radius 1 is 1.38 bits per heavy atom. The molecule has 3 N–H and O–H groups in total. The summed E-state index contributed by atoms with van der Waals surface area (Å²) in [5, 5.41) is 9.08. The van der Waals surface area contributed by atoms with Crippen molar-refractivity contribution in [1.29, 1.82) is 0 Å². The molecule has 0 aliphatic carbocycles. The van der Waals surface area contributed by atoms with Crippen LogP contribution < -0.4 is 15.2 Å². The lowest BCUT2D eigenvalue weighted by Gasteiger charge is -2.17. The molecule has 1 unspecified atom stereocenters. The first kappa shape index (κ1) is 12.3. The van der Waals surface area contributed by atoms with Crippen LogP contribution in [0.3, 0.4) is 0 Å². The molecule has 0 aromatic heterocycles. The summed E-state index contributed by atoms with van der Waals surface area (Å²) < 4.78 is 10.2. The summed E-state index contributed by atoms with van der Waals surface area (Å²) in [6.45, 7) is -0.00787. The number of carboxylic acids is 1. The highest BCUT2D eigenvalue weighted by atomic mass is 16.5. The van der Waals surface area contributed by atoms with E-state index in [4.69, 9.17) is 20.3 Å². The predicted molar refractivity (Wildman–Crippen MR) is 59.0 cm³/mol. The van der Waals surface area contributed by atoms with Crippen molar-refractivity contribution in [3.05, 3.63) is 23.8 Å². The Morgan fingerprint density at radius 3 is 2.19 bits per heavy atom. The smallest absolute Gasteiger partial charge is 0.312 e. The van der Waals surface area contributed by atoms with Gasteiger partial charge in [0.25, 0.3) is 0 Å². The van der Waals surface area contributed by atoms with Crippen LogP contribution in [0.1, 0.15) is 11.5 Å². The number of methoxy groups -OCH3 is 2. The highest BCUT2D eigenvalue weighted by Crippen LogP contribution is 2.34. The molecule has 5 nitrogen and oxygen atoms in total. The van der Waals surface area contributed by atoms with Gasteiger partial charge in [0.05, 0.1) is 19.8 Å². The van der Waals surface area contributed by atoms with Crippen LogP contribution in [0.5, 0.6) is 11.5 Å². The molecular formula is C11H15NO4. The zero-order valence-electron chi connectivity index (χ0n) is 9.27. The molecule has 1 rings (SSSR count). The first-order valence-corrected chi connectivity index (χ1v) is 4.79. The molecule has 0 radical (unpaired) electrons. The van der Waals surface area contributed by atoms with Gasteiger partial charge in [-0.3, -0.25) is 4.79 Å². The molecule has 0 saturated heterocycles. The van der Waals surface area contributed by atoms with Crippen LogP contribution in [0.15, 0.2) is 18.2 Å². The summed E-state index contributed by atoms with van der Waals surface area (Å²) in [5.74, 6) is -0.884. The lowest BCUT2D eigenvalue weighted by atomic mass is 9.97. The quantitative estimate of drug-likeness (QED) is 0.775. The predicted octanol–water partition coefficient (Wildman–Crippen LogP) is 0.831. The van der Waals surface area contributed by atoms with Gasteiger partial charge in [-0.1, -0.05) is 6.07 Å². The highest BCUT2D eigenvalue weighted by molar-refractivity contribution is 5.79. The van der Waals surface area contributed by atoms with E-state index in [1.165, 1.54) is 14.2 Å². The molecular weight excluding hydrogens is 210 g/mol. The Bertz CT molecular complexity index is 356. The molecule has 88 valence electrons. The van der Waals surface area contributed by atoms with Crippen molar-refractivity contribution in [2.45, 2.75) is 5.92 Å². The fourth-order valence-electron chi connectivity index (χ4n) is 1.57. The fourth-order valence-corrected chi connectivity index (χ4v) is 1.57. The second-order valence-corrected chi connectivity index (χ2v) is 3.20. The molecule has 1 aromatic rings. The van der Waals surface area contributed by atoms with Gasteiger partial charge in [-0.2, -0.15) is 0 Å². The van der Waals surface area contributed by atoms with E-state index in [1.807, 2.05) is 0 Å². The van der Waals surface area contributed by atoms with Crippen LogP contribution in [0.25, 0.3) is 0 Å². The summed E-state index contributed by atoms with van der Waals surface area (Å²) in [7, 11) is 2.96. The number of hydrogen-bond donors (Lipinski definition) is 2. The zero-order chi connectivity index (χ0) is 12.1. The largest absolute Gasteiger partial charge is 0.496 e. The van der Waals surface area contributed by atoms with Crippen LogP contribution in [-0.4, -0.2) is 31.8 Å². The van der Waals surface area contributed by atoms with Gasteiger partial charge in [-0.25, -0.2) is 0 Å². The number of carboxylic acid groups (broad SMARTS) is 1. The van der Waals surface area contributed by atoms with E-state index in [0.29, 0.717) is 17.1 Å². The molecule has 0 spiro atoms. The molecule has 1 atom stereocenters. The number of rotatable bonds is 5. The minimum Gasteiger partial charge on any atom is -0.496 e. The van der Waals surface area contributed by atoms with Gasteiger partial charge in [0.1, 0.15) is 17.4 Å². The van der Waals surface area contributed by atoms with Crippen LogP contribution in [0, 0.1) is 0 Å². The lowest BCUT2D eigenvalue weighted by Crippen LogP contribution is -2.22. The molecule has 0 aliphatic heterocycles. The Hall–Kier alpha value is -1.75. The maximum Gasteiger partial charge on any atom is 0.312 e. The Labute approximate surface area is 93.8 Å². The third-order valence-electron chi connectivity index (χ3n) is 2.35. The third-order valence-corrected chi connectivity index (χ3v) is 2.35. The molecule has 0 heterocycles. The van der Waals surface area contributed by atoms with E-state index in [-0.39, 0.29) is 6.54 Å². The molecule has 5 heteroatoms. The summed E-state index contributed by atoms with van der Waals surface area (Å²) >= 11 is 0. The Kier molecular flexibility index (Phi) is 4.13.